The van der Waals surface area contributed by atoms with Crippen molar-refractivity contribution >= 4 is 44.6 Å². The number of carboxylic acid groups (broad SMARTS) is 1. The van der Waals surface area contributed by atoms with Gasteiger partial charge in [-0.05, 0) is 41.3 Å². The van der Waals surface area contributed by atoms with Gasteiger partial charge < -0.3 is 10.2 Å². The summed E-state index contributed by atoms with van der Waals surface area (Å²) in [7, 11) is -4.51. The average Bonchev–Trinajstić information content (AvgIpc) is 3.13. The zero-order chi connectivity index (χ0) is 19.8. The van der Waals surface area contributed by atoms with Gasteiger partial charge in [-0.3, -0.25) is 4.72 Å². The molecule has 0 unspecified atom stereocenters. The van der Waals surface area contributed by atoms with Crippen LogP contribution in [0.5, 0.6) is 5.75 Å². The number of rotatable bonds is 5. The minimum absolute atomic E-state index is 0.350. The maximum Gasteiger partial charge on any atom is 0.335 e. The Hall–Kier alpha value is -2.62. The van der Waals surface area contributed by atoms with E-state index in [9.17, 15) is 22.7 Å². The van der Waals surface area contributed by atoms with Crippen LogP contribution in [-0.4, -0.2) is 24.6 Å². The molecule has 0 aliphatic heterocycles. The highest BCUT2D eigenvalue weighted by molar-refractivity contribution is 7.92. The summed E-state index contributed by atoms with van der Waals surface area (Å²) in [5.41, 5.74) is -0.200. The van der Waals surface area contributed by atoms with Crippen molar-refractivity contribution in [2.24, 2.45) is 0 Å². The molecule has 0 atom stereocenters. The number of hydrogen-bond acceptors (Lipinski definition) is 5. The third-order valence-corrected chi connectivity index (χ3v) is 6.17. The van der Waals surface area contributed by atoms with Gasteiger partial charge in [-0.2, -0.15) is 0 Å². The normalized spacial score (nSPS) is 11.3. The number of aromatic carboxylic acids is 1. The molecular weight excluding hydrogens is 417 g/mol. The Morgan fingerprint density at radius 1 is 1.19 bits per heavy atom. The van der Waals surface area contributed by atoms with E-state index in [4.69, 9.17) is 16.7 Å². The highest BCUT2D eigenvalue weighted by Gasteiger charge is 2.25. The van der Waals surface area contributed by atoms with Gasteiger partial charge in [0.15, 0.2) is 5.75 Å². The van der Waals surface area contributed by atoms with E-state index in [1.165, 1.54) is 23.5 Å². The molecule has 0 fully saturated rings. The first-order valence-corrected chi connectivity index (χ1v) is 10.0. The Kier molecular flexibility index (Phi) is 5.09. The Labute approximate surface area is 162 Å². The van der Waals surface area contributed by atoms with E-state index >= 15 is 0 Å². The smallest absolute Gasteiger partial charge is 0.335 e. The quantitative estimate of drug-likeness (QED) is 0.559. The minimum Gasteiger partial charge on any atom is -0.505 e. The van der Waals surface area contributed by atoms with Crippen LogP contribution in [0.25, 0.3) is 10.4 Å². The van der Waals surface area contributed by atoms with Crippen LogP contribution < -0.4 is 4.72 Å². The first-order valence-electron chi connectivity index (χ1n) is 7.31. The number of anilines is 1. The fourth-order valence-corrected chi connectivity index (χ4v) is 4.50. The number of carbonyl (C=O) groups is 1. The van der Waals surface area contributed by atoms with Gasteiger partial charge in [-0.25, -0.2) is 17.6 Å². The van der Waals surface area contributed by atoms with Gasteiger partial charge in [0.05, 0.1) is 16.3 Å². The molecule has 0 aliphatic rings. The molecular formula is C17H11ClFNO5S2. The van der Waals surface area contributed by atoms with E-state index < -0.39 is 43.0 Å². The highest BCUT2D eigenvalue weighted by atomic mass is 35.5. The van der Waals surface area contributed by atoms with Crippen LogP contribution in [0, 0.1) is 5.82 Å². The third-order valence-electron chi connectivity index (χ3n) is 3.58. The molecule has 0 spiro atoms. The number of phenols is 1. The number of halogens is 2. The number of benzene rings is 2. The molecule has 27 heavy (non-hydrogen) atoms. The molecule has 6 nitrogen and oxygen atoms in total. The average molecular weight is 428 g/mol. The summed E-state index contributed by atoms with van der Waals surface area (Å²) < 4.78 is 41.4. The van der Waals surface area contributed by atoms with Crippen LogP contribution in [-0.2, 0) is 10.0 Å². The number of carboxylic acids is 1. The molecule has 1 heterocycles. The van der Waals surface area contributed by atoms with Crippen molar-refractivity contribution in [3.05, 3.63) is 64.2 Å². The Balaban J connectivity index is 2.05. The summed E-state index contributed by atoms with van der Waals surface area (Å²) >= 11 is 7.11. The molecule has 0 bridgehead atoms. The van der Waals surface area contributed by atoms with Crippen LogP contribution in [0.1, 0.15) is 10.4 Å². The lowest BCUT2D eigenvalue weighted by Crippen LogP contribution is -2.15. The summed E-state index contributed by atoms with van der Waals surface area (Å²) in [5, 5.41) is 20.4. The van der Waals surface area contributed by atoms with Gasteiger partial charge in [-0.1, -0.05) is 23.7 Å². The first-order chi connectivity index (χ1) is 12.7. The van der Waals surface area contributed by atoms with E-state index in [-0.39, 0.29) is 5.69 Å². The van der Waals surface area contributed by atoms with Gasteiger partial charge in [0, 0.05) is 4.88 Å². The maximum absolute atomic E-state index is 14.1. The molecule has 1 aromatic heterocycles. The van der Waals surface area contributed by atoms with Crippen molar-refractivity contribution in [3.63, 3.8) is 0 Å². The van der Waals surface area contributed by atoms with Crippen LogP contribution in [0.3, 0.4) is 0 Å². The van der Waals surface area contributed by atoms with Crippen molar-refractivity contribution in [2.45, 2.75) is 4.90 Å². The summed E-state index contributed by atoms with van der Waals surface area (Å²) in [5.74, 6) is -3.10. The minimum atomic E-state index is -4.51. The molecule has 0 saturated carbocycles. The summed E-state index contributed by atoms with van der Waals surface area (Å²) in [6, 6.07) is 9.15. The Bertz CT molecular complexity index is 1130. The predicted octanol–water partition coefficient (Wildman–Crippen LogP) is 4.41. The van der Waals surface area contributed by atoms with Gasteiger partial charge in [0.1, 0.15) is 10.7 Å². The fraction of sp³-hybridized carbons (Fsp3) is 0. The van der Waals surface area contributed by atoms with Crippen LogP contribution in [0.2, 0.25) is 5.02 Å². The van der Waals surface area contributed by atoms with Gasteiger partial charge >= 0.3 is 5.97 Å². The molecule has 3 rings (SSSR count). The second-order valence-corrected chi connectivity index (χ2v) is 8.39. The standard InChI is InChI=1S/C17H11ClFNO5S2/c18-11-6-10(17(22)23)8-15(16(11)21)27(24,25)20-13-7-9(3-4-12(13)19)14-2-1-5-26-14/h1-8,20-21H,(H,22,23). The molecule has 0 saturated heterocycles. The zero-order valence-corrected chi connectivity index (χ0v) is 15.7. The number of aromatic hydroxyl groups is 1. The first kappa shape index (κ1) is 19.2. The SMILES string of the molecule is O=C(O)c1cc(Cl)c(O)c(S(=O)(=O)Nc2cc(-c3cccs3)ccc2F)c1. The summed E-state index contributed by atoms with van der Waals surface area (Å²) in [4.78, 5) is 11.1. The molecule has 0 amide bonds. The lowest BCUT2D eigenvalue weighted by atomic mass is 10.1. The van der Waals surface area contributed by atoms with Crippen molar-refractivity contribution in [1.82, 2.24) is 0 Å². The van der Waals surface area contributed by atoms with E-state index in [0.29, 0.717) is 5.56 Å². The van der Waals surface area contributed by atoms with Crippen molar-refractivity contribution in [2.75, 3.05) is 4.72 Å². The topological polar surface area (TPSA) is 104 Å². The number of thiophene rings is 1. The highest BCUT2D eigenvalue weighted by Crippen LogP contribution is 2.35. The molecule has 3 aromatic rings. The van der Waals surface area contributed by atoms with Gasteiger partial charge in [0.2, 0.25) is 0 Å². The number of phenolic OH excluding ortho intramolecular Hbond substituents is 1. The number of nitrogens with one attached hydrogen (secondary N) is 1. The monoisotopic (exact) mass is 427 g/mol. The molecule has 140 valence electrons. The van der Waals surface area contributed by atoms with Gasteiger partial charge in [0.25, 0.3) is 10.0 Å². The van der Waals surface area contributed by atoms with E-state index in [2.05, 4.69) is 0 Å². The van der Waals surface area contributed by atoms with Crippen molar-refractivity contribution < 1.29 is 27.8 Å². The van der Waals surface area contributed by atoms with Crippen molar-refractivity contribution in [3.8, 4) is 16.2 Å². The Morgan fingerprint density at radius 3 is 2.56 bits per heavy atom. The third kappa shape index (κ3) is 3.90. The molecule has 0 aliphatic carbocycles. The summed E-state index contributed by atoms with van der Waals surface area (Å²) in [6.45, 7) is 0. The van der Waals surface area contributed by atoms with E-state index in [0.717, 1.165) is 23.1 Å². The zero-order valence-electron chi connectivity index (χ0n) is 13.3. The second kappa shape index (κ2) is 7.18. The molecule has 3 N–H and O–H groups in total. The van der Waals surface area contributed by atoms with E-state index in [1.54, 1.807) is 12.1 Å². The van der Waals surface area contributed by atoms with Crippen molar-refractivity contribution in [1.29, 1.82) is 0 Å². The Morgan fingerprint density at radius 2 is 1.93 bits per heavy atom. The maximum atomic E-state index is 14.1. The lowest BCUT2D eigenvalue weighted by Gasteiger charge is -2.13. The molecule has 2 aromatic carbocycles. The second-order valence-electron chi connectivity index (χ2n) is 5.39. The largest absolute Gasteiger partial charge is 0.505 e. The molecule has 0 radical (unpaired) electrons. The van der Waals surface area contributed by atoms with E-state index in [1.807, 2.05) is 10.1 Å². The number of hydrogen-bond donors (Lipinski definition) is 3. The van der Waals surface area contributed by atoms with Crippen LogP contribution in [0.4, 0.5) is 10.1 Å². The predicted molar refractivity (Wildman–Crippen MR) is 101 cm³/mol. The number of sulfonamides is 1. The summed E-state index contributed by atoms with van der Waals surface area (Å²) in [6.07, 6.45) is 0. The van der Waals surface area contributed by atoms with Gasteiger partial charge in [-0.15, -0.1) is 11.3 Å². The van der Waals surface area contributed by atoms with Crippen LogP contribution in [0.15, 0.2) is 52.7 Å². The molecule has 10 heteroatoms. The van der Waals surface area contributed by atoms with Crippen LogP contribution >= 0.6 is 22.9 Å². The fourth-order valence-electron chi connectivity index (χ4n) is 2.30. The lowest BCUT2D eigenvalue weighted by molar-refractivity contribution is 0.0696.